The molecule has 4 heteroatoms. The minimum atomic E-state index is 0.287. The highest BCUT2D eigenvalue weighted by Crippen LogP contribution is 2.19. The Labute approximate surface area is 119 Å². The summed E-state index contributed by atoms with van der Waals surface area (Å²) in [6, 6.07) is 10.1. The first-order chi connectivity index (χ1) is 9.79. The van der Waals surface area contributed by atoms with E-state index in [9.17, 15) is 0 Å². The molecule has 1 N–H and O–H groups in total. The van der Waals surface area contributed by atoms with E-state index in [4.69, 9.17) is 4.74 Å². The molecule has 20 heavy (non-hydrogen) atoms. The normalized spacial score (nSPS) is 19.9. The van der Waals surface area contributed by atoms with E-state index >= 15 is 0 Å². The second-order valence-electron chi connectivity index (χ2n) is 5.42. The summed E-state index contributed by atoms with van der Waals surface area (Å²) < 4.78 is 6.06. The number of ether oxygens (including phenoxy) is 1. The molecule has 2 aromatic rings. The maximum Gasteiger partial charge on any atom is 0.119 e. The van der Waals surface area contributed by atoms with Gasteiger partial charge >= 0.3 is 0 Å². The molecule has 3 rings (SSSR count). The van der Waals surface area contributed by atoms with Crippen molar-refractivity contribution in [2.45, 2.75) is 32.4 Å². The highest BCUT2D eigenvalue weighted by Gasteiger charge is 2.21. The predicted octanol–water partition coefficient (Wildman–Crippen LogP) is 2.76. The van der Waals surface area contributed by atoms with Gasteiger partial charge in [-0.25, -0.2) is 4.98 Å². The molecule has 0 radical (unpaired) electrons. The summed E-state index contributed by atoms with van der Waals surface area (Å²) in [5.74, 6) is 1.95. The van der Waals surface area contributed by atoms with Crippen LogP contribution in [0.4, 0.5) is 0 Å². The van der Waals surface area contributed by atoms with Crippen LogP contribution in [0.2, 0.25) is 0 Å². The summed E-state index contributed by atoms with van der Waals surface area (Å²) in [4.78, 5) is 9.98. The largest absolute Gasteiger partial charge is 0.489 e. The summed E-state index contributed by atoms with van der Waals surface area (Å²) in [7, 11) is 0. The average molecular weight is 271 g/mol. The summed E-state index contributed by atoms with van der Waals surface area (Å²) in [6.07, 6.45) is 4.53. The number of aromatic nitrogens is 2. The van der Waals surface area contributed by atoms with Crippen molar-refractivity contribution in [1.29, 1.82) is 0 Å². The zero-order chi connectivity index (χ0) is 13.8. The molecule has 0 bridgehead atoms. The number of hydrogen-bond donors (Lipinski definition) is 1. The van der Waals surface area contributed by atoms with Gasteiger partial charge in [-0.05, 0) is 38.4 Å². The van der Waals surface area contributed by atoms with Crippen LogP contribution in [0.3, 0.4) is 0 Å². The summed E-state index contributed by atoms with van der Waals surface area (Å²) in [5, 5.41) is 0. The molecule has 4 nitrogen and oxygen atoms in total. The molecule has 2 heterocycles. The number of benzene rings is 1. The Bertz CT molecular complexity index is 538. The van der Waals surface area contributed by atoms with Gasteiger partial charge in [0, 0.05) is 25.0 Å². The Morgan fingerprint density at radius 2 is 2.20 bits per heavy atom. The van der Waals surface area contributed by atoms with Crippen LogP contribution >= 0.6 is 0 Å². The number of aromatic amines is 1. The lowest BCUT2D eigenvalue weighted by Gasteiger charge is -2.32. The van der Waals surface area contributed by atoms with Crippen LogP contribution in [0.25, 0.3) is 0 Å². The molecule has 1 atom stereocenters. The Morgan fingerprint density at radius 1 is 1.35 bits per heavy atom. The van der Waals surface area contributed by atoms with Gasteiger partial charge in [0.05, 0.1) is 0 Å². The molecule has 1 fully saturated rings. The van der Waals surface area contributed by atoms with E-state index < -0.39 is 0 Å². The van der Waals surface area contributed by atoms with E-state index in [2.05, 4.69) is 14.9 Å². The monoisotopic (exact) mass is 271 g/mol. The van der Waals surface area contributed by atoms with Gasteiger partial charge in [-0.1, -0.05) is 18.2 Å². The number of para-hydroxylation sites is 1. The van der Waals surface area contributed by atoms with Crippen LogP contribution in [0.15, 0.2) is 36.5 Å². The molecule has 1 aromatic heterocycles. The lowest BCUT2D eigenvalue weighted by molar-refractivity contribution is 0.0836. The third kappa shape index (κ3) is 3.39. The zero-order valence-corrected chi connectivity index (χ0v) is 11.9. The lowest BCUT2D eigenvalue weighted by Crippen LogP contribution is -2.40. The van der Waals surface area contributed by atoms with Gasteiger partial charge in [0.2, 0.25) is 0 Å². The molecule has 0 amide bonds. The van der Waals surface area contributed by atoms with Crippen LogP contribution in [0, 0.1) is 6.92 Å². The molecule has 1 aromatic carbocycles. The smallest absolute Gasteiger partial charge is 0.119 e. The number of aryl methyl sites for hydroxylation is 1. The number of piperidine rings is 1. The van der Waals surface area contributed by atoms with Gasteiger partial charge in [-0.2, -0.15) is 0 Å². The van der Waals surface area contributed by atoms with Crippen LogP contribution in [-0.2, 0) is 6.54 Å². The molecule has 1 saturated heterocycles. The Morgan fingerprint density at radius 3 is 2.95 bits per heavy atom. The van der Waals surface area contributed by atoms with E-state index in [1.165, 1.54) is 12.1 Å². The van der Waals surface area contributed by atoms with Crippen molar-refractivity contribution in [3.63, 3.8) is 0 Å². The fraction of sp³-hybridized carbons (Fsp3) is 0.438. The molecule has 0 aliphatic carbocycles. The van der Waals surface area contributed by atoms with Gasteiger partial charge in [-0.3, -0.25) is 4.90 Å². The third-order valence-corrected chi connectivity index (χ3v) is 3.66. The summed E-state index contributed by atoms with van der Waals surface area (Å²) >= 11 is 0. The minimum Gasteiger partial charge on any atom is -0.489 e. The molecule has 0 saturated carbocycles. The number of rotatable bonds is 4. The molecular formula is C16H21N3O. The molecule has 106 valence electrons. The van der Waals surface area contributed by atoms with Crippen LogP contribution < -0.4 is 4.74 Å². The summed E-state index contributed by atoms with van der Waals surface area (Å²) in [6.45, 7) is 5.02. The van der Waals surface area contributed by atoms with Crippen molar-refractivity contribution in [3.8, 4) is 5.75 Å². The van der Waals surface area contributed by atoms with Crippen molar-refractivity contribution >= 4 is 0 Å². The van der Waals surface area contributed by atoms with E-state index in [1.807, 2.05) is 43.5 Å². The highest BCUT2D eigenvalue weighted by atomic mass is 16.5. The molecule has 1 unspecified atom stereocenters. The van der Waals surface area contributed by atoms with E-state index in [1.54, 1.807) is 0 Å². The van der Waals surface area contributed by atoms with E-state index in [-0.39, 0.29) is 6.10 Å². The number of nitrogens with one attached hydrogen (secondary N) is 1. The van der Waals surface area contributed by atoms with Crippen molar-refractivity contribution in [2.75, 3.05) is 13.1 Å². The number of imidazole rings is 1. The second-order valence-corrected chi connectivity index (χ2v) is 5.42. The fourth-order valence-electron chi connectivity index (χ4n) is 2.74. The number of nitrogens with zero attached hydrogens (tertiary/aromatic N) is 2. The Hall–Kier alpha value is -1.81. The Kier molecular flexibility index (Phi) is 4.02. The maximum atomic E-state index is 6.06. The predicted molar refractivity (Wildman–Crippen MR) is 78.7 cm³/mol. The van der Waals surface area contributed by atoms with Crippen LogP contribution in [0.1, 0.15) is 24.4 Å². The molecular weight excluding hydrogens is 250 g/mol. The zero-order valence-electron chi connectivity index (χ0n) is 11.9. The van der Waals surface area contributed by atoms with Crippen LogP contribution in [-0.4, -0.2) is 34.1 Å². The lowest BCUT2D eigenvalue weighted by atomic mass is 10.1. The fourth-order valence-corrected chi connectivity index (χ4v) is 2.74. The first kappa shape index (κ1) is 13.2. The van der Waals surface area contributed by atoms with Crippen molar-refractivity contribution < 1.29 is 4.74 Å². The number of hydrogen-bond acceptors (Lipinski definition) is 3. The second kappa shape index (κ2) is 6.09. The van der Waals surface area contributed by atoms with Gasteiger partial charge in [0.25, 0.3) is 0 Å². The first-order valence-electron chi connectivity index (χ1n) is 7.24. The van der Waals surface area contributed by atoms with Gasteiger partial charge in [0.15, 0.2) is 0 Å². The first-order valence-corrected chi connectivity index (χ1v) is 7.24. The van der Waals surface area contributed by atoms with E-state index in [0.717, 1.165) is 37.6 Å². The van der Waals surface area contributed by atoms with Crippen molar-refractivity contribution in [2.24, 2.45) is 0 Å². The average Bonchev–Trinajstić information content (AvgIpc) is 2.86. The van der Waals surface area contributed by atoms with E-state index in [0.29, 0.717) is 0 Å². The van der Waals surface area contributed by atoms with Crippen molar-refractivity contribution in [3.05, 3.63) is 48.0 Å². The molecule has 1 aliphatic rings. The quantitative estimate of drug-likeness (QED) is 0.929. The topological polar surface area (TPSA) is 41.2 Å². The minimum absolute atomic E-state index is 0.287. The molecule has 0 spiro atoms. The van der Waals surface area contributed by atoms with Crippen LogP contribution in [0.5, 0.6) is 5.75 Å². The van der Waals surface area contributed by atoms with Gasteiger partial charge < -0.3 is 9.72 Å². The summed E-state index contributed by atoms with van der Waals surface area (Å²) in [5.41, 5.74) is 1.18. The SMILES string of the molecule is Cc1ncc(CN2CCCC(Oc3ccccc3)C2)[nH]1. The standard InChI is InChI=1S/C16H21N3O/c1-13-17-10-14(18-13)11-19-9-5-8-16(12-19)20-15-6-3-2-4-7-15/h2-4,6-7,10,16H,5,8-9,11-12H2,1H3,(H,17,18). The molecule has 1 aliphatic heterocycles. The highest BCUT2D eigenvalue weighted by molar-refractivity contribution is 5.21. The number of likely N-dealkylation sites (tertiary alicyclic amines) is 1. The van der Waals surface area contributed by atoms with Gasteiger partial charge in [0.1, 0.15) is 17.7 Å². The third-order valence-electron chi connectivity index (χ3n) is 3.66. The Balaban J connectivity index is 1.56. The van der Waals surface area contributed by atoms with Gasteiger partial charge in [-0.15, -0.1) is 0 Å². The van der Waals surface area contributed by atoms with Crippen molar-refractivity contribution in [1.82, 2.24) is 14.9 Å². The maximum absolute atomic E-state index is 6.06. The number of H-pyrrole nitrogens is 1.